The average molecular weight is 225 g/mol. The number of nitrogens with one attached hydrogen (secondary N) is 2. The molecule has 0 aliphatic carbocycles. The van der Waals surface area contributed by atoms with Gasteiger partial charge in [0.1, 0.15) is 0 Å². The van der Waals surface area contributed by atoms with Gasteiger partial charge in [-0.15, -0.1) is 0 Å². The number of hydrogen-bond acceptors (Lipinski definition) is 5. The van der Waals surface area contributed by atoms with Crippen molar-refractivity contribution < 1.29 is 5.21 Å². The SMILES string of the molecule is Cc1cc(C=NNC(N)=S)ncc1NO. The molecule has 0 radical (unpaired) electrons. The maximum atomic E-state index is 8.69. The van der Waals surface area contributed by atoms with Gasteiger partial charge in [-0.25, -0.2) is 0 Å². The first-order valence-corrected chi connectivity index (χ1v) is 4.49. The molecule has 0 spiro atoms. The van der Waals surface area contributed by atoms with E-state index in [2.05, 4.69) is 27.7 Å². The van der Waals surface area contributed by atoms with E-state index in [9.17, 15) is 0 Å². The molecule has 5 N–H and O–H groups in total. The van der Waals surface area contributed by atoms with E-state index in [1.54, 1.807) is 6.07 Å². The molecule has 0 saturated heterocycles. The van der Waals surface area contributed by atoms with Gasteiger partial charge in [0.2, 0.25) is 0 Å². The highest BCUT2D eigenvalue weighted by Gasteiger charge is 1.97. The van der Waals surface area contributed by atoms with Crippen LogP contribution in [-0.4, -0.2) is 21.5 Å². The van der Waals surface area contributed by atoms with Gasteiger partial charge >= 0.3 is 0 Å². The second-order valence-electron chi connectivity index (χ2n) is 2.77. The zero-order valence-electron chi connectivity index (χ0n) is 8.06. The van der Waals surface area contributed by atoms with Crippen LogP contribution >= 0.6 is 12.2 Å². The van der Waals surface area contributed by atoms with E-state index in [1.165, 1.54) is 12.4 Å². The summed E-state index contributed by atoms with van der Waals surface area (Å²) < 4.78 is 0. The second kappa shape index (κ2) is 5.23. The number of hydrazone groups is 1. The monoisotopic (exact) mass is 225 g/mol. The van der Waals surface area contributed by atoms with Crippen molar-refractivity contribution in [1.82, 2.24) is 10.4 Å². The molecule has 0 atom stereocenters. The number of nitrogens with two attached hydrogens (primary N) is 1. The zero-order valence-corrected chi connectivity index (χ0v) is 8.88. The number of rotatable bonds is 3. The van der Waals surface area contributed by atoms with Crippen molar-refractivity contribution in [2.75, 3.05) is 5.48 Å². The summed E-state index contributed by atoms with van der Waals surface area (Å²) in [4.78, 5) is 4.01. The smallest absolute Gasteiger partial charge is 0.184 e. The third-order valence-electron chi connectivity index (χ3n) is 1.62. The Morgan fingerprint density at radius 2 is 2.47 bits per heavy atom. The molecule has 0 fully saturated rings. The second-order valence-corrected chi connectivity index (χ2v) is 3.21. The Labute approximate surface area is 92.2 Å². The fourth-order valence-electron chi connectivity index (χ4n) is 0.927. The largest absolute Gasteiger partial charge is 0.375 e. The van der Waals surface area contributed by atoms with Crippen molar-refractivity contribution in [3.8, 4) is 0 Å². The molecule has 6 nitrogen and oxygen atoms in total. The lowest BCUT2D eigenvalue weighted by molar-refractivity contribution is 0.388. The fraction of sp³-hybridized carbons (Fsp3) is 0.125. The Bertz CT molecular complexity index is 393. The molecule has 0 aromatic carbocycles. The highest BCUT2D eigenvalue weighted by atomic mass is 32.1. The Hall–Kier alpha value is -1.73. The van der Waals surface area contributed by atoms with Crippen LogP contribution in [0.1, 0.15) is 11.3 Å². The molecule has 7 heteroatoms. The van der Waals surface area contributed by atoms with E-state index in [4.69, 9.17) is 10.9 Å². The Morgan fingerprint density at radius 1 is 1.73 bits per heavy atom. The van der Waals surface area contributed by atoms with E-state index in [0.717, 1.165) is 5.56 Å². The Morgan fingerprint density at radius 3 is 3.00 bits per heavy atom. The third-order valence-corrected chi connectivity index (χ3v) is 1.72. The van der Waals surface area contributed by atoms with Crippen molar-refractivity contribution in [3.05, 3.63) is 23.5 Å². The van der Waals surface area contributed by atoms with Crippen LogP contribution in [0, 0.1) is 6.92 Å². The molecule has 0 aliphatic heterocycles. The quantitative estimate of drug-likeness (QED) is 0.337. The predicted octanol–water partition coefficient (Wildman–Crippen LogP) is 0.358. The van der Waals surface area contributed by atoms with Gasteiger partial charge in [-0.1, -0.05) is 0 Å². The minimum absolute atomic E-state index is 0.0941. The Kier molecular flexibility index (Phi) is 3.95. The Balaban J connectivity index is 2.75. The average Bonchev–Trinajstić information content (AvgIpc) is 2.17. The first kappa shape index (κ1) is 11.3. The topological polar surface area (TPSA) is 95.6 Å². The van der Waals surface area contributed by atoms with Crippen molar-refractivity contribution in [2.24, 2.45) is 10.8 Å². The zero-order chi connectivity index (χ0) is 11.3. The molecule has 1 rings (SSSR count). The predicted molar refractivity (Wildman–Crippen MR) is 61.9 cm³/mol. The van der Waals surface area contributed by atoms with Gasteiger partial charge in [0.05, 0.1) is 23.8 Å². The number of pyridine rings is 1. The van der Waals surface area contributed by atoms with E-state index in [0.29, 0.717) is 11.4 Å². The van der Waals surface area contributed by atoms with Gasteiger partial charge in [0, 0.05) is 0 Å². The number of nitrogens with zero attached hydrogens (tertiary/aromatic N) is 2. The molecule has 0 amide bonds. The van der Waals surface area contributed by atoms with Crippen LogP contribution in [0.4, 0.5) is 5.69 Å². The highest BCUT2D eigenvalue weighted by Crippen LogP contribution is 2.11. The molecule has 0 bridgehead atoms. The van der Waals surface area contributed by atoms with Gasteiger partial charge in [0.25, 0.3) is 0 Å². The van der Waals surface area contributed by atoms with E-state index < -0.39 is 0 Å². The fourth-order valence-corrected chi connectivity index (χ4v) is 0.980. The van der Waals surface area contributed by atoms with Gasteiger partial charge in [-0.3, -0.25) is 21.1 Å². The number of anilines is 1. The van der Waals surface area contributed by atoms with Crippen molar-refractivity contribution >= 4 is 29.2 Å². The minimum atomic E-state index is 0.0941. The summed E-state index contributed by atoms with van der Waals surface area (Å²) in [6.45, 7) is 1.83. The van der Waals surface area contributed by atoms with Crippen LogP contribution in [-0.2, 0) is 0 Å². The first-order chi connectivity index (χ1) is 7.13. The maximum absolute atomic E-state index is 8.69. The van der Waals surface area contributed by atoms with E-state index >= 15 is 0 Å². The molecule has 0 saturated carbocycles. The van der Waals surface area contributed by atoms with Crippen LogP contribution in [0.25, 0.3) is 0 Å². The summed E-state index contributed by atoms with van der Waals surface area (Å²) in [6, 6.07) is 1.75. The summed E-state index contributed by atoms with van der Waals surface area (Å²) in [6.07, 6.45) is 2.98. The third kappa shape index (κ3) is 3.49. The first-order valence-electron chi connectivity index (χ1n) is 4.08. The lowest BCUT2D eigenvalue weighted by Gasteiger charge is -2.03. The standard InChI is InChI=1S/C8H11N5OS/c1-5-2-6(3-11-12-8(9)15)10-4-7(5)13-14/h2-4,13-14H,1H3,(H3,9,12,15). The number of hydrogen-bond donors (Lipinski definition) is 4. The number of thiocarbonyl (C=S) groups is 1. The minimum Gasteiger partial charge on any atom is -0.375 e. The van der Waals surface area contributed by atoms with Crippen LogP contribution in [0.5, 0.6) is 0 Å². The highest BCUT2D eigenvalue weighted by molar-refractivity contribution is 7.80. The summed E-state index contributed by atoms with van der Waals surface area (Å²) in [5.41, 5.74) is 11.7. The molecule has 15 heavy (non-hydrogen) atoms. The van der Waals surface area contributed by atoms with Crippen LogP contribution in [0.2, 0.25) is 0 Å². The van der Waals surface area contributed by atoms with Crippen molar-refractivity contribution in [2.45, 2.75) is 6.92 Å². The number of aryl methyl sites for hydroxylation is 1. The van der Waals surface area contributed by atoms with Gasteiger partial charge in [0.15, 0.2) is 5.11 Å². The summed E-state index contributed by atoms with van der Waals surface area (Å²) in [5.74, 6) is 0. The lowest BCUT2D eigenvalue weighted by atomic mass is 10.2. The molecule has 80 valence electrons. The van der Waals surface area contributed by atoms with Crippen molar-refractivity contribution in [1.29, 1.82) is 0 Å². The lowest BCUT2D eigenvalue weighted by Crippen LogP contribution is -2.24. The summed E-state index contributed by atoms with van der Waals surface area (Å²) in [5, 5.41) is 12.5. The molecule has 1 heterocycles. The van der Waals surface area contributed by atoms with Crippen LogP contribution < -0.4 is 16.6 Å². The van der Waals surface area contributed by atoms with Crippen LogP contribution in [0.15, 0.2) is 17.4 Å². The van der Waals surface area contributed by atoms with Crippen molar-refractivity contribution in [3.63, 3.8) is 0 Å². The molecule has 0 aliphatic rings. The van der Waals surface area contributed by atoms with E-state index in [1.807, 2.05) is 12.4 Å². The van der Waals surface area contributed by atoms with Gasteiger partial charge in [-0.05, 0) is 30.8 Å². The summed E-state index contributed by atoms with van der Waals surface area (Å²) >= 11 is 4.57. The summed E-state index contributed by atoms with van der Waals surface area (Å²) in [7, 11) is 0. The van der Waals surface area contributed by atoms with Gasteiger partial charge in [-0.2, -0.15) is 5.10 Å². The maximum Gasteiger partial charge on any atom is 0.184 e. The number of aromatic nitrogens is 1. The molecular formula is C8H11N5OS. The van der Waals surface area contributed by atoms with Crippen LogP contribution in [0.3, 0.4) is 0 Å². The van der Waals surface area contributed by atoms with E-state index in [-0.39, 0.29) is 5.11 Å². The van der Waals surface area contributed by atoms with Gasteiger partial charge < -0.3 is 5.73 Å². The molecule has 0 unspecified atom stereocenters. The molecule has 1 aromatic rings. The molecule has 1 aromatic heterocycles. The molecular weight excluding hydrogens is 214 g/mol. The normalized spacial score (nSPS) is 10.3.